The number of carboxylic acids is 1. The molecule has 3 aromatic rings. The van der Waals surface area contributed by atoms with Gasteiger partial charge in [0.15, 0.2) is 0 Å². The SMILES string of the molecule is CCN(CC1CCC(C(=O)O)CC1)c1cc2c(cc1CN(Cc1cc(C(F)(F)F)cc(C(F)(F)F)c1)c1ncn(C)n1)CCCC2. The lowest BCUT2D eigenvalue weighted by Gasteiger charge is -2.35. The van der Waals surface area contributed by atoms with Gasteiger partial charge in [-0.1, -0.05) is 6.07 Å². The molecule has 0 amide bonds. The van der Waals surface area contributed by atoms with Crippen molar-refractivity contribution >= 4 is 17.6 Å². The first-order valence-electron chi connectivity index (χ1n) is 15.7. The molecule has 1 N–H and O–H groups in total. The van der Waals surface area contributed by atoms with Gasteiger partial charge in [0.1, 0.15) is 6.33 Å². The van der Waals surface area contributed by atoms with E-state index in [1.54, 1.807) is 11.9 Å². The minimum atomic E-state index is -4.96. The van der Waals surface area contributed by atoms with Gasteiger partial charge in [0.25, 0.3) is 0 Å². The molecule has 1 aromatic heterocycles. The second-order valence-electron chi connectivity index (χ2n) is 12.5. The Hall–Kier alpha value is -3.77. The molecule has 2 aliphatic carbocycles. The van der Waals surface area contributed by atoms with E-state index in [0.717, 1.165) is 68.5 Å². The van der Waals surface area contributed by atoms with Crippen molar-refractivity contribution in [3.63, 3.8) is 0 Å². The predicted molar refractivity (Wildman–Crippen MR) is 161 cm³/mol. The van der Waals surface area contributed by atoms with Crippen molar-refractivity contribution in [1.82, 2.24) is 14.8 Å². The van der Waals surface area contributed by atoms with E-state index < -0.39 is 29.4 Å². The number of halogens is 6. The maximum Gasteiger partial charge on any atom is 0.416 e. The predicted octanol–water partition coefficient (Wildman–Crippen LogP) is 7.66. The molecule has 46 heavy (non-hydrogen) atoms. The van der Waals surface area contributed by atoms with Crippen LogP contribution in [0.4, 0.5) is 38.0 Å². The molecule has 0 aliphatic heterocycles. The summed E-state index contributed by atoms with van der Waals surface area (Å²) in [5.74, 6) is -0.584. The fourth-order valence-electron chi connectivity index (χ4n) is 6.75. The number of carboxylic acid groups (broad SMARTS) is 1. The molecule has 2 aromatic carbocycles. The highest BCUT2D eigenvalue weighted by Gasteiger charge is 2.37. The van der Waals surface area contributed by atoms with Crippen LogP contribution in [0.15, 0.2) is 36.7 Å². The first-order chi connectivity index (χ1) is 21.7. The van der Waals surface area contributed by atoms with Crippen molar-refractivity contribution < 1.29 is 36.2 Å². The van der Waals surface area contributed by atoms with E-state index in [1.807, 2.05) is 6.92 Å². The van der Waals surface area contributed by atoms with Crippen LogP contribution in [0, 0.1) is 11.8 Å². The molecule has 1 saturated carbocycles. The largest absolute Gasteiger partial charge is 0.481 e. The Labute approximate surface area is 264 Å². The van der Waals surface area contributed by atoms with Crippen molar-refractivity contribution in [2.45, 2.75) is 83.7 Å². The van der Waals surface area contributed by atoms with E-state index in [9.17, 15) is 36.2 Å². The zero-order valence-electron chi connectivity index (χ0n) is 26.0. The number of carbonyl (C=O) groups is 1. The lowest BCUT2D eigenvalue weighted by Crippen LogP contribution is -2.34. The van der Waals surface area contributed by atoms with E-state index in [0.29, 0.717) is 25.3 Å². The van der Waals surface area contributed by atoms with Crippen LogP contribution < -0.4 is 9.80 Å². The molecule has 0 radical (unpaired) electrons. The molecule has 2 aliphatic rings. The van der Waals surface area contributed by atoms with Crippen LogP contribution in [-0.4, -0.2) is 38.9 Å². The molecular weight excluding hydrogens is 612 g/mol. The molecular formula is C33H39F6N5O2. The Morgan fingerprint density at radius 3 is 2.02 bits per heavy atom. The molecule has 13 heteroatoms. The fraction of sp³-hybridized carbons (Fsp3) is 0.545. The number of hydrogen-bond donors (Lipinski definition) is 1. The van der Waals surface area contributed by atoms with Gasteiger partial charge in [-0.2, -0.15) is 26.3 Å². The summed E-state index contributed by atoms with van der Waals surface area (Å²) in [6, 6.07) is 5.95. The maximum absolute atomic E-state index is 13.7. The number of aliphatic carboxylic acids is 1. The Morgan fingerprint density at radius 1 is 0.891 bits per heavy atom. The zero-order chi connectivity index (χ0) is 33.2. The number of fused-ring (bicyclic) bond motifs is 1. The third-order valence-electron chi connectivity index (χ3n) is 9.19. The Morgan fingerprint density at radius 2 is 1.50 bits per heavy atom. The normalized spacial score (nSPS) is 18.7. The number of aryl methyl sites for hydroxylation is 3. The third kappa shape index (κ3) is 7.95. The van der Waals surface area contributed by atoms with Gasteiger partial charge >= 0.3 is 18.3 Å². The van der Waals surface area contributed by atoms with Crippen molar-refractivity contribution in [3.8, 4) is 0 Å². The summed E-state index contributed by atoms with van der Waals surface area (Å²) in [6.07, 6.45) is -1.70. The highest BCUT2D eigenvalue weighted by atomic mass is 19.4. The van der Waals surface area contributed by atoms with Gasteiger partial charge in [0, 0.05) is 38.9 Å². The van der Waals surface area contributed by atoms with E-state index in [1.165, 1.54) is 22.1 Å². The summed E-state index contributed by atoms with van der Waals surface area (Å²) >= 11 is 0. The Bertz CT molecular complexity index is 1500. The average Bonchev–Trinajstić information content (AvgIpc) is 3.44. The summed E-state index contributed by atoms with van der Waals surface area (Å²) < 4.78 is 83.6. The van der Waals surface area contributed by atoms with Gasteiger partial charge in [-0.15, -0.1) is 5.10 Å². The molecule has 1 fully saturated rings. The number of aromatic nitrogens is 3. The van der Waals surface area contributed by atoms with E-state index >= 15 is 0 Å². The number of hydrogen-bond acceptors (Lipinski definition) is 5. The summed E-state index contributed by atoms with van der Waals surface area (Å²) in [5, 5.41) is 13.8. The molecule has 0 spiro atoms. The minimum absolute atomic E-state index is 0.136. The highest BCUT2D eigenvalue weighted by molar-refractivity contribution is 5.70. The number of anilines is 2. The molecule has 0 unspecified atom stereocenters. The smallest absolute Gasteiger partial charge is 0.416 e. The van der Waals surface area contributed by atoms with Crippen LogP contribution in [0.25, 0.3) is 0 Å². The summed E-state index contributed by atoms with van der Waals surface area (Å²) in [4.78, 5) is 19.7. The molecule has 0 saturated heterocycles. The number of alkyl halides is 6. The van der Waals surface area contributed by atoms with Gasteiger partial charge in [0.2, 0.25) is 5.95 Å². The number of nitrogens with zero attached hydrogens (tertiary/aromatic N) is 5. The summed E-state index contributed by atoms with van der Waals surface area (Å²) in [5.41, 5.74) is 1.40. The molecule has 0 atom stereocenters. The maximum atomic E-state index is 13.7. The fourth-order valence-corrected chi connectivity index (χ4v) is 6.75. The van der Waals surface area contributed by atoms with Gasteiger partial charge in [-0.05, 0) is 111 Å². The van der Waals surface area contributed by atoms with E-state index in [-0.39, 0.29) is 36.6 Å². The van der Waals surface area contributed by atoms with Crippen LogP contribution >= 0.6 is 0 Å². The van der Waals surface area contributed by atoms with Crippen LogP contribution in [0.5, 0.6) is 0 Å². The molecule has 7 nitrogen and oxygen atoms in total. The second-order valence-corrected chi connectivity index (χ2v) is 12.5. The van der Waals surface area contributed by atoms with Crippen molar-refractivity contribution in [3.05, 3.63) is 70.0 Å². The Kier molecular flexibility index (Phi) is 9.88. The van der Waals surface area contributed by atoms with Crippen LogP contribution in [0.2, 0.25) is 0 Å². The first kappa shape index (κ1) is 33.6. The third-order valence-corrected chi connectivity index (χ3v) is 9.19. The van der Waals surface area contributed by atoms with Crippen LogP contribution in [0.1, 0.15) is 78.8 Å². The number of benzene rings is 2. The molecule has 250 valence electrons. The minimum Gasteiger partial charge on any atom is -0.481 e. The summed E-state index contributed by atoms with van der Waals surface area (Å²) in [7, 11) is 1.64. The van der Waals surface area contributed by atoms with Crippen molar-refractivity contribution in [1.29, 1.82) is 0 Å². The highest BCUT2D eigenvalue weighted by Crippen LogP contribution is 2.38. The van der Waals surface area contributed by atoms with Gasteiger partial charge in [-0.3, -0.25) is 9.48 Å². The van der Waals surface area contributed by atoms with Crippen molar-refractivity contribution in [2.75, 3.05) is 22.9 Å². The van der Waals surface area contributed by atoms with E-state index in [4.69, 9.17) is 0 Å². The van der Waals surface area contributed by atoms with Gasteiger partial charge < -0.3 is 14.9 Å². The topological polar surface area (TPSA) is 74.5 Å². The van der Waals surface area contributed by atoms with Crippen LogP contribution in [0.3, 0.4) is 0 Å². The zero-order valence-corrected chi connectivity index (χ0v) is 26.0. The standard InChI is InChI=1S/C33H39F6N5O2/c1-3-43(17-21-8-10-23(11-9-21)30(45)46)29-15-25-7-5-4-6-24(25)14-26(29)19-44(31-40-20-42(2)41-31)18-22-12-27(32(34,35)36)16-28(13-22)33(37,38)39/h12-16,20-21,23H,3-11,17-19H2,1-2H3,(H,45,46). The van der Waals surface area contributed by atoms with Crippen LogP contribution in [-0.2, 0) is 50.1 Å². The average molecular weight is 652 g/mol. The number of rotatable bonds is 10. The molecule has 5 rings (SSSR count). The second kappa shape index (κ2) is 13.5. The quantitative estimate of drug-likeness (QED) is 0.227. The van der Waals surface area contributed by atoms with Gasteiger partial charge in [0.05, 0.1) is 17.0 Å². The van der Waals surface area contributed by atoms with E-state index in [2.05, 4.69) is 27.1 Å². The first-order valence-corrected chi connectivity index (χ1v) is 15.7. The Balaban J connectivity index is 1.51. The van der Waals surface area contributed by atoms with Crippen molar-refractivity contribution in [2.24, 2.45) is 18.9 Å². The van der Waals surface area contributed by atoms with Gasteiger partial charge in [-0.25, -0.2) is 4.98 Å². The molecule has 1 heterocycles. The summed E-state index contributed by atoms with van der Waals surface area (Å²) in [6.45, 7) is 3.32. The lowest BCUT2D eigenvalue weighted by molar-refractivity contribution is -0.144. The lowest BCUT2D eigenvalue weighted by atomic mass is 9.81. The molecule has 0 bridgehead atoms. The monoisotopic (exact) mass is 651 g/mol.